The van der Waals surface area contributed by atoms with Gasteiger partial charge in [0.25, 0.3) is 11.1 Å². The smallest absolute Gasteiger partial charge is 0.306 e. The molecule has 0 atom stereocenters. The second-order valence-electron chi connectivity index (χ2n) is 20.6. The molecular formula is C69H44Cl4F3N15O5. The summed E-state index contributed by atoms with van der Waals surface area (Å²) in [5.74, 6) is 7.00. The zero-order chi connectivity index (χ0) is 66.4. The van der Waals surface area contributed by atoms with Gasteiger partial charge in [0.05, 0.1) is 43.3 Å². The SMILES string of the molecule is Fc1ccc(-c2nc3occn3c2-c2ccc3nnc(-c4ccccc4Cl)n3c2)cc1.NNc1ccc(-c2c(-c3ccc(F)cc3)nc3occn23)cn1.O=C(Cl)c1ccccc1Cl.O=C(NNc1ccc(-c2c(-c3ccc(F)cc3)nc3occn23)cn1)c1ccccc1Cl. The van der Waals surface area contributed by atoms with Crippen molar-refractivity contribution in [1.82, 2.24) is 58.1 Å². The summed E-state index contributed by atoms with van der Waals surface area (Å²) in [7, 11) is 0. The number of carbonyl (C=O) groups is 2. The van der Waals surface area contributed by atoms with Crippen molar-refractivity contribution in [3.63, 3.8) is 0 Å². The van der Waals surface area contributed by atoms with Crippen LogP contribution >= 0.6 is 46.4 Å². The number of nitrogens with zero attached hydrogens (tertiary/aromatic N) is 11. The lowest BCUT2D eigenvalue weighted by atomic mass is 10.1. The number of nitrogens with one attached hydrogen (secondary N) is 3. The predicted molar refractivity (Wildman–Crippen MR) is 359 cm³/mol. The van der Waals surface area contributed by atoms with Crippen molar-refractivity contribution in [2.45, 2.75) is 0 Å². The van der Waals surface area contributed by atoms with E-state index in [1.165, 1.54) is 42.7 Å². The number of rotatable bonds is 12. The number of halogens is 7. The summed E-state index contributed by atoms with van der Waals surface area (Å²) >= 11 is 23.2. The second kappa shape index (κ2) is 27.8. The fraction of sp³-hybridized carbons (Fsp3) is 0. The van der Waals surface area contributed by atoms with E-state index in [-0.39, 0.29) is 23.4 Å². The molecule has 0 saturated carbocycles. The topological polar surface area (TPSA) is 244 Å². The fourth-order valence-corrected chi connectivity index (χ4v) is 11.0. The first-order valence-electron chi connectivity index (χ1n) is 28.7. The van der Waals surface area contributed by atoms with E-state index < -0.39 is 5.24 Å². The van der Waals surface area contributed by atoms with Crippen molar-refractivity contribution in [3.05, 3.63) is 282 Å². The highest BCUT2D eigenvalue weighted by Gasteiger charge is 2.23. The molecule has 20 nitrogen and oxygen atoms in total. The van der Waals surface area contributed by atoms with Crippen LogP contribution in [0.15, 0.2) is 251 Å². The Kier molecular flexibility index (Phi) is 18.2. The molecule has 0 radical (unpaired) electrons. The van der Waals surface area contributed by atoms with Crippen molar-refractivity contribution < 1.29 is 36.0 Å². The second-order valence-corrected chi connectivity index (χ2v) is 22.1. The molecule has 27 heteroatoms. The standard InChI is InChI=1S/C23H15ClFN5O2.C23H13ClFN5O.C16H12FN5O.C7H4Cl2O/c24-18-4-2-1-3-17(18)22(31)29-28-19-10-7-15(13-26-19)21-20(14-5-8-16(25)9-6-14)27-23-30(21)11-12-32-23;24-18-4-2-1-3-17(18)22-28-27-19-10-7-15(13-30(19)22)21-20(14-5-8-16(25)9-6-14)26-23-29(21)11-12-31-23;17-12-4-1-10(2-5-12)14-15(22-7-8-23-16(22)20-14)11-3-6-13(21-18)19-9-11;8-6-4-2-1-3-5(6)7(9)10/h1-13H,(H,26,28)(H,29,31);1-13H;1-9H,18H2,(H,19,21);1-4H. The molecule has 0 bridgehead atoms. The third-order valence-electron chi connectivity index (χ3n) is 14.7. The molecule has 0 aliphatic heterocycles. The van der Waals surface area contributed by atoms with Gasteiger partial charge >= 0.3 is 17.5 Å². The van der Waals surface area contributed by atoms with Gasteiger partial charge in [0.2, 0.25) is 0 Å². The molecule has 96 heavy (non-hydrogen) atoms. The number of anilines is 2. The lowest BCUT2D eigenvalue weighted by molar-refractivity contribution is 0.0962. The lowest BCUT2D eigenvalue weighted by Crippen LogP contribution is -2.29. The molecule has 0 fully saturated rings. The van der Waals surface area contributed by atoms with Crippen LogP contribution in [0.5, 0.6) is 0 Å². The molecule has 0 aliphatic rings. The molecule has 5 N–H and O–H groups in total. The molecule has 0 saturated heterocycles. The third-order valence-corrected chi connectivity index (χ3v) is 15.9. The van der Waals surface area contributed by atoms with Gasteiger partial charge in [-0.25, -0.2) is 29.0 Å². The average molecular weight is 1360 g/mol. The predicted octanol–water partition coefficient (Wildman–Crippen LogP) is 16.8. The van der Waals surface area contributed by atoms with E-state index >= 15 is 0 Å². The maximum Gasteiger partial charge on any atom is 0.306 e. The van der Waals surface area contributed by atoms with E-state index in [1.807, 2.05) is 67.9 Å². The molecule has 0 spiro atoms. The quantitative estimate of drug-likeness (QED) is 0.0505. The van der Waals surface area contributed by atoms with Crippen LogP contribution in [0.3, 0.4) is 0 Å². The summed E-state index contributed by atoms with van der Waals surface area (Å²) < 4.78 is 63.7. The van der Waals surface area contributed by atoms with Crippen LogP contribution in [0.1, 0.15) is 20.7 Å². The van der Waals surface area contributed by atoms with E-state index in [2.05, 4.69) is 51.4 Å². The Morgan fingerprint density at radius 1 is 0.448 bits per heavy atom. The Morgan fingerprint density at radius 2 is 0.865 bits per heavy atom. The van der Waals surface area contributed by atoms with E-state index in [4.69, 9.17) is 65.5 Å². The number of pyridine rings is 3. The number of aromatic nitrogens is 11. The Bertz CT molecular complexity index is 5440. The first-order valence-corrected chi connectivity index (χ1v) is 30.2. The first-order chi connectivity index (χ1) is 46.8. The number of hydrogen-bond acceptors (Lipinski definition) is 15. The normalized spacial score (nSPS) is 11.0. The minimum Gasteiger partial charge on any atom is -0.432 e. The highest BCUT2D eigenvalue weighted by Crippen LogP contribution is 2.38. The van der Waals surface area contributed by atoms with Gasteiger partial charge in [-0.2, -0.15) is 15.0 Å². The van der Waals surface area contributed by atoms with Crippen molar-refractivity contribution >= 4 is 92.4 Å². The Morgan fingerprint density at radius 3 is 1.29 bits per heavy atom. The number of oxazole rings is 3. The number of hydrogen-bond donors (Lipinski definition) is 4. The van der Waals surface area contributed by atoms with Gasteiger partial charge in [-0.1, -0.05) is 71.2 Å². The molecule has 0 unspecified atom stereocenters. The number of amides is 1. The highest BCUT2D eigenvalue weighted by molar-refractivity contribution is 6.68. The largest absolute Gasteiger partial charge is 0.432 e. The van der Waals surface area contributed by atoms with Crippen LogP contribution in [0.4, 0.5) is 24.8 Å². The Hall–Kier alpha value is -11.9. The molecular weight excluding hydrogens is 1320 g/mol. The number of imidazole rings is 3. The number of nitrogens with two attached hydrogens (primary N) is 1. The van der Waals surface area contributed by atoms with Crippen LogP contribution in [-0.2, 0) is 0 Å². The molecule has 10 heterocycles. The first kappa shape index (κ1) is 62.9. The lowest BCUT2D eigenvalue weighted by Gasteiger charge is -2.10. The molecule has 10 aromatic heterocycles. The number of nitrogen functional groups attached to an aromatic ring is 1. The maximum atomic E-state index is 13.5. The van der Waals surface area contributed by atoms with Gasteiger partial charge in [-0.05, 0) is 157 Å². The summed E-state index contributed by atoms with van der Waals surface area (Å²) in [6.07, 6.45) is 15.3. The van der Waals surface area contributed by atoms with Crippen molar-refractivity contribution in [1.29, 1.82) is 0 Å². The van der Waals surface area contributed by atoms with Gasteiger partial charge in [-0.15, -0.1) is 10.2 Å². The number of carbonyl (C=O) groups excluding carboxylic acids is 2. The Balaban J connectivity index is 0.000000123. The minimum absolute atomic E-state index is 0.293. The summed E-state index contributed by atoms with van der Waals surface area (Å²) in [4.78, 5) is 45.1. The summed E-state index contributed by atoms with van der Waals surface area (Å²) in [5, 5.41) is 9.43. The zero-order valence-corrected chi connectivity index (χ0v) is 52.2. The molecule has 1 amide bonds. The molecule has 16 rings (SSSR count). The van der Waals surface area contributed by atoms with E-state index in [0.29, 0.717) is 83.9 Å². The summed E-state index contributed by atoms with van der Waals surface area (Å²) in [5.41, 5.74) is 19.2. The van der Waals surface area contributed by atoms with Crippen LogP contribution in [0.2, 0.25) is 15.1 Å². The van der Waals surface area contributed by atoms with Gasteiger partial charge < -0.3 is 18.7 Å². The third kappa shape index (κ3) is 13.2. The van der Waals surface area contributed by atoms with Gasteiger partial charge in [-0.3, -0.25) is 38.0 Å². The minimum atomic E-state index is -0.523. The fourth-order valence-electron chi connectivity index (χ4n) is 10.2. The molecule has 0 aliphatic carbocycles. The van der Waals surface area contributed by atoms with Gasteiger partial charge in [0.15, 0.2) is 11.5 Å². The highest BCUT2D eigenvalue weighted by atomic mass is 35.5. The molecule has 16 aromatic rings. The zero-order valence-electron chi connectivity index (χ0n) is 49.2. The van der Waals surface area contributed by atoms with Crippen LogP contribution in [0.25, 0.3) is 102 Å². The van der Waals surface area contributed by atoms with Crippen molar-refractivity contribution in [2.75, 3.05) is 10.9 Å². The maximum absolute atomic E-state index is 13.5. The molecule has 6 aromatic carbocycles. The monoisotopic (exact) mass is 1360 g/mol. The number of benzene rings is 6. The van der Waals surface area contributed by atoms with E-state index in [1.54, 1.807) is 145 Å². The van der Waals surface area contributed by atoms with Gasteiger partial charge in [0.1, 0.15) is 65.0 Å². The number of fused-ring (bicyclic) bond motifs is 4. The summed E-state index contributed by atoms with van der Waals surface area (Å²) in [6, 6.07) is 50.4. The summed E-state index contributed by atoms with van der Waals surface area (Å²) in [6.45, 7) is 0. The van der Waals surface area contributed by atoms with Crippen molar-refractivity contribution in [2.24, 2.45) is 5.84 Å². The molecule has 474 valence electrons. The van der Waals surface area contributed by atoms with Crippen LogP contribution in [-0.4, -0.2) is 63.9 Å². The van der Waals surface area contributed by atoms with Gasteiger partial charge in [0, 0.05) is 76.1 Å². The average Bonchev–Trinajstić information content (AvgIpc) is 1.62. The van der Waals surface area contributed by atoms with Crippen molar-refractivity contribution in [3.8, 4) is 78.9 Å². The number of hydrazine groups is 2. The van der Waals surface area contributed by atoms with Crippen LogP contribution < -0.4 is 22.1 Å². The van der Waals surface area contributed by atoms with E-state index in [0.717, 1.165) is 56.0 Å². The van der Waals surface area contributed by atoms with E-state index in [9.17, 15) is 22.8 Å². The van der Waals surface area contributed by atoms with Crippen LogP contribution in [0, 0.1) is 17.5 Å². The Labute approximate surface area is 560 Å².